The number of aryl methyl sites for hydroxylation is 1. The van der Waals surface area contributed by atoms with Crippen LogP contribution in [0, 0.1) is 6.92 Å². The van der Waals surface area contributed by atoms with Gasteiger partial charge in [-0.3, -0.25) is 0 Å². The second-order valence-corrected chi connectivity index (χ2v) is 17.1. The first-order valence-electron chi connectivity index (χ1n) is 18.7. The zero-order valence-electron chi connectivity index (χ0n) is 32.1. The third-order valence-electron chi connectivity index (χ3n) is 11.6. The Labute approximate surface area is 293 Å². The lowest BCUT2D eigenvalue weighted by atomic mass is 9.72. The maximum Gasteiger partial charge on any atom is 0.0897 e. The molecule has 1 unspecified atom stereocenters. The summed E-state index contributed by atoms with van der Waals surface area (Å²) in [5.74, 6) is 1.33. The summed E-state index contributed by atoms with van der Waals surface area (Å²) in [4.78, 5) is 21.1. The van der Waals surface area contributed by atoms with Gasteiger partial charge in [-0.25, -0.2) is 19.9 Å². The van der Waals surface area contributed by atoms with E-state index >= 15 is 0 Å². The highest BCUT2D eigenvalue weighted by atomic mass is 14.8. The summed E-state index contributed by atoms with van der Waals surface area (Å²) in [5, 5.41) is 0. The Morgan fingerprint density at radius 3 is 1.06 bits per heavy atom. The van der Waals surface area contributed by atoms with E-state index < -0.39 is 0 Å². The molecule has 2 aromatic heterocycles. The molecule has 0 saturated heterocycles. The van der Waals surface area contributed by atoms with Crippen molar-refractivity contribution in [2.24, 2.45) is 0 Å². The van der Waals surface area contributed by atoms with E-state index in [-0.39, 0.29) is 16.2 Å². The summed E-state index contributed by atoms with van der Waals surface area (Å²) in [7, 11) is 0. The highest BCUT2D eigenvalue weighted by molar-refractivity contribution is 5.91. The van der Waals surface area contributed by atoms with Gasteiger partial charge in [0.05, 0.1) is 44.1 Å². The molecule has 1 atom stereocenters. The molecular weight excluding hydrogens is 597 g/mol. The van der Waals surface area contributed by atoms with Crippen LogP contribution in [0.2, 0.25) is 0 Å². The Kier molecular flexibility index (Phi) is 7.74. The van der Waals surface area contributed by atoms with Gasteiger partial charge < -0.3 is 0 Å². The SMILES string of the molecule is CC.Cc1cc2nc3cc4c(cc3nc2cc1C(C)C)C1(CC4(C)C)CC(C)(C)c2cc3nc4cc(C(C)C)c(C(C)C)cc4nc3cc21. The van der Waals surface area contributed by atoms with E-state index in [9.17, 15) is 0 Å². The van der Waals surface area contributed by atoms with Crippen LogP contribution in [-0.2, 0) is 16.2 Å². The van der Waals surface area contributed by atoms with Gasteiger partial charge in [0.2, 0.25) is 0 Å². The fourth-order valence-electron chi connectivity index (χ4n) is 9.52. The van der Waals surface area contributed by atoms with Crippen molar-refractivity contribution in [2.45, 2.75) is 137 Å². The number of aromatic nitrogens is 4. The monoisotopic (exact) mass is 650 g/mol. The molecule has 2 heterocycles. The molecule has 0 amide bonds. The highest BCUT2D eigenvalue weighted by Gasteiger charge is 2.56. The minimum absolute atomic E-state index is 0.00129. The Balaban J connectivity index is 0.00000186. The molecule has 2 aliphatic rings. The summed E-state index contributed by atoms with van der Waals surface area (Å²) in [5.41, 5.74) is 18.9. The lowest BCUT2D eigenvalue weighted by Gasteiger charge is -2.30. The number of rotatable bonds is 3. The zero-order chi connectivity index (χ0) is 35.4. The molecule has 49 heavy (non-hydrogen) atoms. The van der Waals surface area contributed by atoms with Gasteiger partial charge >= 0.3 is 0 Å². The van der Waals surface area contributed by atoms with Crippen LogP contribution in [0.3, 0.4) is 0 Å². The van der Waals surface area contributed by atoms with Crippen LogP contribution in [0.15, 0.2) is 48.5 Å². The van der Waals surface area contributed by atoms with Gasteiger partial charge in [-0.2, -0.15) is 0 Å². The van der Waals surface area contributed by atoms with Crippen LogP contribution in [0.25, 0.3) is 44.1 Å². The standard InChI is InChI=1S/C43H48N4.C2H6/c1-22(2)26-13-34-33(12-25(26)7)44-37-16-29-31(18-39(37)45-34)43(20-41(29,8)9)21-42(10,11)30-17-38-40(19-32(30)43)47-36-15-28(24(5)6)27(23(3)4)14-35(36)46-38;1-2/h12-19,22-24H,20-21H2,1-11H3;1-2H3. The molecule has 254 valence electrons. The molecule has 0 fully saturated rings. The first kappa shape index (κ1) is 33.6. The van der Waals surface area contributed by atoms with Crippen LogP contribution in [0.5, 0.6) is 0 Å². The quantitative estimate of drug-likeness (QED) is 0.179. The molecule has 0 N–H and O–H groups in total. The Morgan fingerprint density at radius 1 is 0.429 bits per heavy atom. The largest absolute Gasteiger partial charge is 0.244 e. The van der Waals surface area contributed by atoms with E-state index in [4.69, 9.17) is 19.9 Å². The molecule has 4 heteroatoms. The van der Waals surface area contributed by atoms with Crippen LogP contribution >= 0.6 is 0 Å². The number of nitrogens with zero attached hydrogens (tertiary/aromatic N) is 4. The molecule has 4 nitrogen and oxygen atoms in total. The predicted octanol–water partition coefficient (Wildman–Crippen LogP) is 12.2. The highest BCUT2D eigenvalue weighted by Crippen LogP contribution is 2.63. The Bertz CT molecular complexity index is 2310. The lowest BCUT2D eigenvalue weighted by molar-refractivity contribution is 0.350. The second-order valence-electron chi connectivity index (χ2n) is 17.1. The molecular formula is C45H54N4. The van der Waals surface area contributed by atoms with Crippen molar-refractivity contribution in [3.8, 4) is 0 Å². The van der Waals surface area contributed by atoms with Crippen molar-refractivity contribution in [3.63, 3.8) is 0 Å². The van der Waals surface area contributed by atoms with E-state index in [0.29, 0.717) is 17.8 Å². The van der Waals surface area contributed by atoms with Gasteiger partial charge in [0.15, 0.2) is 0 Å². The third-order valence-corrected chi connectivity index (χ3v) is 11.6. The topological polar surface area (TPSA) is 51.6 Å². The van der Waals surface area contributed by atoms with Crippen molar-refractivity contribution < 1.29 is 0 Å². The first-order chi connectivity index (χ1) is 23.1. The normalized spacial score (nSPS) is 19.1. The van der Waals surface area contributed by atoms with E-state index in [1.165, 1.54) is 44.5 Å². The molecule has 6 aromatic rings. The average Bonchev–Trinajstić information content (AvgIpc) is 3.39. The summed E-state index contributed by atoms with van der Waals surface area (Å²) in [6.45, 7) is 29.5. The number of hydrogen-bond donors (Lipinski definition) is 0. The van der Waals surface area contributed by atoms with E-state index in [1.807, 2.05) is 13.8 Å². The van der Waals surface area contributed by atoms with Crippen LogP contribution in [0.1, 0.15) is 158 Å². The lowest BCUT2D eigenvalue weighted by Crippen LogP contribution is -2.27. The Morgan fingerprint density at radius 2 is 0.714 bits per heavy atom. The van der Waals surface area contributed by atoms with Gasteiger partial charge in [0, 0.05) is 5.41 Å². The molecule has 0 radical (unpaired) electrons. The van der Waals surface area contributed by atoms with Gasteiger partial charge in [-0.05, 0) is 141 Å². The molecule has 2 aliphatic carbocycles. The van der Waals surface area contributed by atoms with Gasteiger partial charge in [0.1, 0.15) is 0 Å². The number of hydrogen-bond acceptors (Lipinski definition) is 4. The molecule has 8 rings (SSSR count). The van der Waals surface area contributed by atoms with Crippen molar-refractivity contribution >= 4 is 44.1 Å². The maximum absolute atomic E-state index is 5.32. The van der Waals surface area contributed by atoms with Gasteiger partial charge in [-0.1, -0.05) is 83.1 Å². The molecule has 4 aromatic carbocycles. The number of fused-ring (bicyclic) bond motifs is 8. The summed E-state index contributed by atoms with van der Waals surface area (Å²) in [6, 6.07) is 18.6. The average molecular weight is 651 g/mol. The van der Waals surface area contributed by atoms with Crippen LogP contribution in [-0.4, -0.2) is 19.9 Å². The van der Waals surface area contributed by atoms with E-state index in [2.05, 4.69) is 125 Å². The summed E-state index contributed by atoms with van der Waals surface area (Å²) < 4.78 is 0. The fraction of sp³-hybridized carbons (Fsp3) is 0.467. The summed E-state index contributed by atoms with van der Waals surface area (Å²) in [6.07, 6.45) is 2.11. The van der Waals surface area contributed by atoms with Crippen molar-refractivity contribution in [3.05, 3.63) is 93.0 Å². The van der Waals surface area contributed by atoms with Crippen molar-refractivity contribution in [2.75, 3.05) is 0 Å². The molecule has 0 bridgehead atoms. The predicted molar refractivity (Wildman–Crippen MR) is 209 cm³/mol. The van der Waals surface area contributed by atoms with Crippen molar-refractivity contribution in [1.82, 2.24) is 19.9 Å². The third kappa shape index (κ3) is 5.07. The fourth-order valence-corrected chi connectivity index (χ4v) is 9.52. The second kappa shape index (κ2) is 11.3. The summed E-state index contributed by atoms with van der Waals surface area (Å²) >= 11 is 0. The van der Waals surface area contributed by atoms with Gasteiger partial charge in [-0.15, -0.1) is 0 Å². The minimum atomic E-state index is -0.117. The van der Waals surface area contributed by atoms with E-state index in [0.717, 1.165) is 57.0 Å². The Hall–Kier alpha value is -3.92. The smallest absolute Gasteiger partial charge is 0.0897 e. The van der Waals surface area contributed by atoms with Gasteiger partial charge in [0.25, 0.3) is 0 Å². The maximum atomic E-state index is 5.32. The first-order valence-corrected chi connectivity index (χ1v) is 18.7. The van der Waals surface area contributed by atoms with Crippen LogP contribution in [0.4, 0.5) is 0 Å². The van der Waals surface area contributed by atoms with Crippen LogP contribution < -0.4 is 0 Å². The molecule has 0 aliphatic heterocycles. The van der Waals surface area contributed by atoms with Crippen molar-refractivity contribution in [1.29, 1.82) is 0 Å². The molecule has 0 saturated carbocycles. The zero-order valence-corrected chi connectivity index (χ0v) is 32.1. The minimum Gasteiger partial charge on any atom is -0.244 e. The van der Waals surface area contributed by atoms with E-state index in [1.54, 1.807) is 0 Å². The number of benzene rings is 4. The molecule has 1 spiro atoms.